The minimum absolute atomic E-state index is 0.151. The highest BCUT2D eigenvalue weighted by atomic mass is 32.2. The molecule has 4 aromatic rings. The van der Waals surface area contributed by atoms with Gasteiger partial charge in [-0.3, -0.25) is 9.69 Å². The van der Waals surface area contributed by atoms with Crippen molar-refractivity contribution in [3.8, 4) is 0 Å². The molecular formula is C24H23N3O5S3. The molecule has 1 amide bonds. The molecule has 1 saturated heterocycles. The van der Waals surface area contributed by atoms with Crippen LogP contribution in [0.4, 0.5) is 5.13 Å². The molecule has 0 radical (unpaired) electrons. The Balaban J connectivity index is 1.47. The van der Waals surface area contributed by atoms with Crippen molar-refractivity contribution >= 4 is 54.4 Å². The lowest BCUT2D eigenvalue weighted by Gasteiger charge is -2.26. The molecule has 11 heteroatoms. The summed E-state index contributed by atoms with van der Waals surface area (Å²) in [6, 6.07) is 15.6. The van der Waals surface area contributed by atoms with Crippen LogP contribution in [-0.4, -0.2) is 56.2 Å². The second-order valence-electron chi connectivity index (χ2n) is 7.81. The third-order valence-corrected chi connectivity index (χ3v) is 9.40. The largest absolute Gasteiger partial charge is 0.467 e. The molecule has 3 heterocycles. The molecule has 1 aliphatic rings. The van der Waals surface area contributed by atoms with E-state index in [-0.39, 0.29) is 17.3 Å². The fourth-order valence-electron chi connectivity index (χ4n) is 3.84. The average Bonchev–Trinajstić information content (AvgIpc) is 3.57. The van der Waals surface area contributed by atoms with Crippen molar-refractivity contribution < 1.29 is 22.4 Å². The van der Waals surface area contributed by atoms with Gasteiger partial charge in [0.2, 0.25) is 10.0 Å². The fourth-order valence-corrected chi connectivity index (χ4v) is 6.86. The third-order valence-electron chi connectivity index (χ3n) is 5.67. The molecule has 1 aliphatic heterocycles. The van der Waals surface area contributed by atoms with Crippen LogP contribution in [0.25, 0.3) is 10.2 Å². The van der Waals surface area contributed by atoms with Crippen LogP contribution in [0.15, 0.2) is 75.1 Å². The number of morpholine rings is 1. The summed E-state index contributed by atoms with van der Waals surface area (Å²) in [6.45, 7) is 1.58. The molecule has 2 aromatic carbocycles. The van der Waals surface area contributed by atoms with Crippen molar-refractivity contribution in [3.63, 3.8) is 0 Å². The predicted molar refractivity (Wildman–Crippen MR) is 137 cm³/mol. The molecule has 5 rings (SSSR count). The Bertz CT molecular complexity index is 1430. The number of ether oxygens (including phenoxy) is 1. The van der Waals surface area contributed by atoms with Gasteiger partial charge in [0.25, 0.3) is 5.91 Å². The molecule has 0 unspecified atom stereocenters. The number of carbonyl (C=O) groups is 1. The number of hydrogen-bond donors (Lipinski definition) is 0. The molecular weight excluding hydrogens is 506 g/mol. The Morgan fingerprint density at radius 3 is 2.57 bits per heavy atom. The van der Waals surface area contributed by atoms with Crippen LogP contribution < -0.4 is 4.90 Å². The molecule has 0 saturated carbocycles. The van der Waals surface area contributed by atoms with E-state index in [1.807, 2.05) is 24.5 Å². The van der Waals surface area contributed by atoms with Crippen LogP contribution in [0, 0.1) is 0 Å². The minimum Gasteiger partial charge on any atom is -0.467 e. The summed E-state index contributed by atoms with van der Waals surface area (Å²) < 4.78 is 39.0. The zero-order valence-corrected chi connectivity index (χ0v) is 21.4. The number of carbonyl (C=O) groups excluding carboxylic acids is 1. The van der Waals surface area contributed by atoms with Gasteiger partial charge in [0.05, 0.1) is 41.1 Å². The highest BCUT2D eigenvalue weighted by molar-refractivity contribution is 7.98. The van der Waals surface area contributed by atoms with Gasteiger partial charge in [0.15, 0.2) is 5.13 Å². The van der Waals surface area contributed by atoms with Crippen LogP contribution in [-0.2, 0) is 21.3 Å². The van der Waals surface area contributed by atoms with E-state index in [0.29, 0.717) is 42.8 Å². The van der Waals surface area contributed by atoms with Crippen LogP contribution in [0.1, 0.15) is 16.1 Å². The highest BCUT2D eigenvalue weighted by Gasteiger charge is 2.28. The summed E-state index contributed by atoms with van der Waals surface area (Å²) in [6.07, 6.45) is 3.56. The average molecular weight is 530 g/mol. The summed E-state index contributed by atoms with van der Waals surface area (Å²) in [4.78, 5) is 21.2. The summed E-state index contributed by atoms with van der Waals surface area (Å²) in [5, 5.41) is 0.549. The second kappa shape index (κ2) is 10.1. The number of sulfonamides is 1. The molecule has 8 nitrogen and oxygen atoms in total. The molecule has 182 valence electrons. The molecule has 1 fully saturated rings. The Hall–Kier alpha value is -2.70. The number of benzene rings is 2. The number of thioether (sulfide) groups is 1. The molecule has 35 heavy (non-hydrogen) atoms. The molecule has 0 spiro atoms. The lowest BCUT2D eigenvalue weighted by atomic mass is 10.2. The van der Waals surface area contributed by atoms with E-state index in [0.717, 1.165) is 15.1 Å². The summed E-state index contributed by atoms with van der Waals surface area (Å²) in [7, 11) is -3.64. The van der Waals surface area contributed by atoms with E-state index < -0.39 is 10.0 Å². The van der Waals surface area contributed by atoms with E-state index in [9.17, 15) is 13.2 Å². The zero-order chi connectivity index (χ0) is 24.4. The number of amides is 1. The van der Waals surface area contributed by atoms with E-state index in [2.05, 4.69) is 0 Å². The smallest absolute Gasteiger partial charge is 0.260 e. The van der Waals surface area contributed by atoms with Crippen LogP contribution in [0.3, 0.4) is 0 Å². The van der Waals surface area contributed by atoms with Gasteiger partial charge in [-0.2, -0.15) is 4.31 Å². The van der Waals surface area contributed by atoms with Crippen LogP contribution >= 0.6 is 23.1 Å². The Labute approximate surface area is 211 Å². The van der Waals surface area contributed by atoms with Gasteiger partial charge < -0.3 is 9.15 Å². The topological polar surface area (TPSA) is 93.0 Å². The van der Waals surface area contributed by atoms with Crippen LogP contribution in [0.2, 0.25) is 0 Å². The van der Waals surface area contributed by atoms with Gasteiger partial charge in [-0.05, 0) is 54.8 Å². The highest BCUT2D eigenvalue weighted by Crippen LogP contribution is 2.35. The van der Waals surface area contributed by atoms with E-state index in [4.69, 9.17) is 14.1 Å². The molecule has 0 bridgehead atoms. The fraction of sp³-hybridized carbons (Fsp3) is 0.250. The number of rotatable bonds is 7. The van der Waals surface area contributed by atoms with Crippen LogP contribution in [0.5, 0.6) is 0 Å². The predicted octanol–water partition coefficient (Wildman–Crippen LogP) is 4.48. The van der Waals surface area contributed by atoms with Gasteiger partial charge in [-0.15, -0.1) is 11.8 Å². The Kier molecular flexibility index (Phi) is 6.94. The van der Waals surface area contributed by atoms with E-state index in [1.54, 1.807) is 47.2 Å². The van der Waals surface area contributed by atoms with Gasteiger partial charge in [-0.25, -0.2) is 13.4 Å². The number of hydrogen-bond acceptors (Lipinski definition) is 8. The second-order valence-corrected chi connectivity index (χ2v) is 11.6. The van der Waals surface area contributed by atoms with Crippen molar-refractivity contribution in [2.75, 3.05) is 37.5 Å². The van der Waals surface area contributed by atoms with Gasteiger partial charge in [0.1, 0.15) is 5.76 Å². The van der Waals surface area contributed by atoms with Crippen molar-refractivity contribution in [2.45, 2.75) is 16.3 Å². The normalized spacial score (nSPS) is 14.9. The van der Waals surface area contributed by atoms with Gasteiger partial charge in [-0.1, -0.05) is 17.4 Å². The first-order chi connectivity index (χ1) is 17.0. The first-order valence-electron chi connectivity index (χ1n) is 10.9. The maximum atomic E-state index is 13.6. The molecule has 0 N–H and O–H groups in total. The van der Waals surface area contributed by atoms with E-state index in [1.165, 1.54) is 27.8 Å². The molecule has 2 aromatic heterocycles. The lowest BCUT2D eigenvalue weighted by Crippen LogP contribution is -2.40. The van der Waals surface area contributed by atoms with E-state index >= 15 is 0 Å². The maximum absolute atomic E-state index is 13.6. The number of thiazole rings is 1. The van der Waals surface area contributed by atoms with Crippen molar-refractivity contribution in [1.82, 2.24) is 9.29 Å². The zero-order valence-electron chi connectivity index (χ0n) is 18.9. The third kappa shape index (κ3) is 4.87. The van der Waals surface area contributed by atoms with Crippen molar-refractivity contribution in [2.24, 2.45) is 0 Å². The number of fused-ring (bicyclic) bond motifs is 1. The quantitative estimate of drug-likeness (QED) is 0.326. The maximum Gasteiger partial charge on any atom is 0.260 e. The van der Waals surface area contributed by atoms with Gasteiger partial charge >= 0.3 is 0 Å². The Morgan fingerprint density at radius 2 is 1.89 bits per heavy atom. The standard InChI is InChI=1S/C24H23N3O5S3/c1-33-20-5-2-6-21-22(20)25-24(34-21)27(16-18-4-3-13-32-18)23(28)17-7-9-19(10-8-17)35(29,30)26-11-14-31-15-12-26/h2-10,13H,11-12,14-16H2,1H3. The number of furan rings is 1. The lowest BCUT2D eigenvalue weighted by molar-refractivity contribution is 0.0730. The Morgan fingerprint density at radius 1 is 1.11 bits per heavy atom. The molecule has 0 aliphatic carbocycles. The summed E-state index contributed by atoms with van der Waals surface area (Å²) in [5.74, 6) is 0.329. The van der Waals surface area contributed by atoms with Crippen molar-refractivity contribution in [1.29, 1.82) is 0 Å². The number of para-hydroxylation sites is 1. The van der Waals surface area contributed by atoms with Gasteiger partial charge in [0, 0.05) is 23.5 Å². The summed E-state index contributed by atoms with van der Waals surface area (Å²) >= 11 is 3.03. The number of anilines is 1. The minimum atomic E-state index is -3.64. The first-order valence-corrected chi connectivity index (χ1v) is 14.4. The number of nitrogens with zero attached hydrogens (tertiary/aromatic N) is 3. The number of aromatic nitrogens is 1. The molecule has 0 atom stereocenters. The SMILES string of the molecule is CSc1cccc2sc(N(Cc3ccco3)C(=O)c3ccc(S(=O)(=O)N4CCOCC4)cc3)nc12. The first kappa shape index (κ1) is 24.0. The summed E-state index contributed by atoms with van der Waals surface area (Å²) in [5.41, 5.74) is 1.21. The van der Waals surface area contributed by atoms with Crippen molar-refractivity contribution in [3.05, 3.63) is 72.2 Å². The monoisotopic (exact) mass is 529 g/mol.